The third kappa shape index (κ3) is 3.17. The first kappa shape index (κ1) is 22.2. The van der Waals surface area contributed by atoms with E-state index in [4.69, 9.17) is 0 Å². The van der Waals surface area contributed by atoms with Gasteiger partial charge < -0.3 is 5.11 Å². The Balaban J connectivity index is 1.39. The van der Waals surface area contributed by atoms with Crippen LogP contribution >= 0.6 is 0 Å². The topological polar surface area (TPSA) is 37.3 Å². The molecule has 174 valence electrons. The molecule has 0 aliphatic heterocycles. The van der Waals surface area contributed by atoms with Crippen molar-refractivity contribution in [2.24, 2.45) is 51.8 Å². The first-order chi connectivity index (χ1) is 14.6. The Morgan fingerprint density at radius 1 is 1.03 bits per heavy atom. The van der Waals surface area contributed by atoms with Crippen LogP contribution in [0.5, 0.6) is 0 Å². The Hall–Kier alpha value is -0.630. The summed E-state index contributed by atoms with van der Waals surface area (Å²) in [6, 6.07) is 0. The minimum Gasteiger partial charge on any atom is -0.392 e. The first-order valence-electron chi connectivity index (χ1n) is 13.6. The summed E-state index contributed by atoms with van der Waals surface area (Å²) in [5.74, 6) is 4.14. The number of carbonyl (C=O) groups excluding carboxylic acids is 1. The molecule has 5 aliphatic rings. The smallest absolute Gasteiger partial charge is 0.137 e. The molecule has 0 aromatic carbocycles. The highest BCUT2D eigenvalue weighted by atomic mass is 16.3. The van der Waals surface area contributed by atoms with Gasteiger partial charge in [0.1, 0.15) is 5.78 Å². The van der Waals surface area contributed by atoms with Crippen LogP contribution in [0.15, 0.2) is 11.6 Å². The van der Waals surface area contributed by atoms with Gasteiger partial charge in [-0.15, -0.1) is 0 Å². The second kappa shape index (κ2) is 7.44. The number of fused-ring (bicyclic) bond motifs is 6. The quantitative estimate of drug-likeness (QED) is 0.483. The van der Waals surface area contributed by atoms with Crippen molar-refractivity contribution in [2.45, 2.75) is 111 Å². The molecule has 1 spiro atoms. The lowest BCUT2D eigenvalue weighted by atomic mass is 9.45. The SMILES string of the molecule is CC(C)CCC[C@@H](C)[C@H]1C(=O)C[C@H]2[C@@H]3CC=C4C5(CC5)[C@@H](O)CC[C@]4(C)[C@H]3CC[C@]12C. The molecule has 5 aliphatic carbocycles. The van der Waals surface area contributed by atoms with Crippen molar-refractivity contribution >= 4 is 5.78 Å². The molecule has 0 bridgehead atoms. The van der Waals surface area contributed by atoms with Gasteiger partial charge >= 0.3 is 0 Å². The minimum absolute atomic E-state index is 0.110. The fourth-order valence-electron chi connectivity index (χ4n) is 9.63. The third-order valence-electron chi connectivity index (χ3n) is 11.3. The molecule has 4 fully saturated rings. The van der Waals surface area contributed by atoms with Gasteiger partial charge in [0.15, 0.2) is 0 Å². The lowest BCUT2D eigenvalue weighted by Crippen LogP contribution is -2.53. The molecule has 0 amide bonds. The number of Topliss-reactive ketones (excluding diaryl/α,β-unsaturated/α-hetero) is 1. The van der Waals surface area contributed by atoms with E-state index >= 15 is 0 Å². The summed E-state index contributed by atoms with van der Waals surface area (Å²) in [5, 5.41) is 10.8. The Kier molecular flexibility index (Phi) is 5.32. The second-order valence-corrected chi connectivity index (χ2v) is 13.4. The van der Waals surface area contributed by atoms with Crippen LogP contribution < -0.4 is 0 Å². The molecular weight excluding hydrogens is 380 g/mol. The van der Waals surface area contributed by atoms with Crippen molar-refractivity contribution < 1.29 is 9.90 Å². The fourth-order valence-corrected chi connectivity index (χ4v) is 9.63. The molecule has 0 saturated heterocycles. The van der Waals surface area contributed by atoms with E-state index in [0.29, 0.717) is 23.5 Å². The minimum atomic E-state index is -0.110. The number of rotatable bonds is 5. The zero-order chi connectivity index (χ0) is 22.2. The number of carbonyl (C=O) groups is 1. The second-order valence-electron chi connectivity index (χ2n) is 13.4. The molecule has 2 heteroatoms. The Labute approximate surface area is 190 Å². The van der Waals surface area contributed by atoms with Crippen LogP contribution in [0.2, 0.25) is 0 Å². The summed E-state index contributed by atoms with van der Waals surface area (Å²) in [6.45, 7) is 12.0. The van der Waals surface area contributed by atoms with Crippen LogP contribution in [-0.4, -0.2) is 17.0 Å². The Morgan fingerprint density at radius 3 is 2.45 bits per heavy atom. The lowest BCUT2D eigenvalue weighted by molar-refractivity contribution is -0.124. The van der Waals surface area contributed by atoms with Crippen molar-refractivity contribution in [3.63, 3.8) is 0 Å². The van der Waals surface area contributed by atoms with Crippen LogP contribution in [0.25, 0.3) is 0 Å². The number of hydrogen-bond acceptors (Lipinski definition) is 2. The number of ketones is 1. The highest BCUT2D eigenvalue weighted by molar-refractivity contribution is 5.85. The average Bonchev–Trinajstić information content (AvgIpc) is 3.43. The highest BCUT2D eigenvalue weighted by Gasteiger charge is 2.66. The van der Waals surface area contributed by atoms with Crippen molar-refractivity contribution in [3.8, 4) is 0 Å². The van der Waals surface area contributed by atoms with Gasteiger partial charge in [-0.1, -0.05) is 59.1 Å². The zero-order valence-electron chi connectivity index (χ0n) is 20.8. The summed E-state index contributed by atoms with van der Waals surface area (Å²) in [5.41, 5.74) is 2.25. The Morgan fingerprint density at radius 2 is 1.77 bits per heavy atom. The summed E-state index contributed by atoms with van der Waals surface area (Å²) < 4.78 is 0. The lowest BCUT2D eigenvalue weighted by Gasteiger charge is -2.59. The van der Waals surface area contributed by atoms with Crippen LogP contribution in [-0.2, 0) is 4.79 Å². The average molecular weight is 427 g/mol. The van der Waals surface area contributed by atoms with Gasteiger partial charge in [0.05, 0.1) is 6.10 Å². The van der Waals surface area contributed by atoms with Gasteiger partial charge in [-0.2, -0.15) is 0 Å². The summed E-state index contributed by atoms with van der Waals surface area (Å²) in [4.78, 5) is 13.4. The van der Waals surface area contributed by atoms with Crippen LogP contribution in [0.3, 0.4) is 0 Å². The number of allylic oxidation sites excluding steroid dienone is 1. The molecular formula is C29H46O2. The molecule has 0 aromatic heterocycles. The maximum atomic E-state index is 13.4. The predicted octanol–water partition coefficient (Wildman–Crippen LogP) is 6.96. The van der Waals surface area contributed by atoms with Gasteiger partial charge in [0.2, 0.25) is 0 Å². The standard InChI is InChI=1S/C29H46O2/c1-18(2)7-6-8-19(3)26-23(30)17-22-20-9-10-24-27(4,21(20)11-13-28(22,26)5)14-12-25(31)29(24)15-16-29/h10,18-22,25-26,31H,6-9,11-17H2,1-5H3/t19-,20-,21+,22+,25+,26+,27-,28+/m1/s1. The molecule has 0 aromatic rings. The van der Waals surface area contributed by atoms with E-state index in [-0.39, 0.29) is 28.3 Å². The van der Waals surface area contributed by atoms with Gasteiger partial charge in [-0.05, 0) is 91.8 Å². The molecule has 4 saturated carbocycles. The summed E-state index contributed by atoms with van der Waals surface area (Å²) >= 11 is 0. The van der Waals surface area contributed by atoms with E-state index in [1.807, 2.05) is 0 Å². The molecule has 0 heterocycles. The highest BCUT2D eigenvalue weighted by Crippen LogP contribution is 2.72. The number of aliphatic hydroxyl groups excluding tert-OH is 1. The molecule has 8 atom stereocenters. The van der Waals surface area contributed by atoms with Gasteiger partial charge in [0.25, 0.3) is 0 Å². The van der Waals surface area contributed by atoms with Crippen molar-refractivity contribution in [2.75, 3.05) is 0 Å². The van der Waals surface area contributed by atoms with Crippen molar-refractivity contribution in [1.29, 1.82) is 0 Å². The molecule has 5 rings (SSSR count). The summed E-state index contributed by atoms with van der Waals surface area (Å²) in [7, 11) is 0. The van der Waals surface area contributed by atoms with E-state index in [9.17, 15) is 9.90 Å². The van der Waals surface area contributed by atoms with Gasteiger partial charge in [-0.25, -0.2) is 0 Å². The predicted molar refractivity (Wildman–Crippen MR) is 126 cm³/mol. The number of aliphatic hydroxyl groups is 1. The van der Waals surface area contributed by atoms with E-state index in [1.165, 1.54) is 44.9 Å². The fraction of sp³-hybridized carbons (Fsp3) is 0.897. The van der Waals surface area contributed by atoms with Crippen LogP contribution in [0, 0.1) is 51.8 Å². The van der Waals surface area contributed by atoms with Crippen molar-refractivity contribution in [1.82, 2.24) is 0 Å². The molecule has 31 heavy (non-hydrogen) atoms. The van der Waals surface area contributed by atoms with Crippen LogP contribution in [0.4, 0.5) is 0 Å². The molecule has 0 unspecified atom stereocenters. The molecule has 1 N–H and O–H groups in total. The van der Waals surface area contributed by atoms with E-state index < -0.39 is 0 Å². The van der Waals surface area contributed by atoms with E-state index in [0.717, 1.165) is 37.5 Å². The number of hydrogen-bond donors (Lipinski definition) is 1. The normalized spacial score (nSPS) is 46.4. The molecule has 2 nitrogen and oxygen atoms in total. The zero-order valence-corrected chi connectivity index (χ0v) is 20.8. The van der Waals surface area contributed by atoms with Crippen LogP contribution in [0.1, 0.15) is 105 Å². The largest absolute Gasteiger partial charge is 0.392 e. The summed E-state index contributed by atoms with van der Waals surface area (Å²) in [6.07, 6.45) is 15.3. The van der Waals surface area contributed by atoms with Gasteiger partial charge in [-0.3, -0.25) is 4.79 Å². The monoisotopic (exact) mass is 426 g/mol. The molecule has 0 radical (unpaired) electrons. The third-order valence-corrected chi connectivity index (χ3v) is 11.3. The van der Waals surface area contributed by atoms with E-state index in [1.54, 1.807) is 5.57 Å². The first-order valence-corrected chi connectivity index (χ1v) is 13.6. The maximum Gasteiger partial charge on any atom is 0.137 e. The Bertz CT molecular complexity index is 761. The van der Waals surface area contributed by atoms with Gasteiger partial charge in [0, 0.05) is 17.8 Å². The van der Waals surface area contributed by atoms with Crippen molar-refractivity contribution in [3.05, 3.63) is 11.6 Å². The maximum absolute atomic E-state index is 13.4. The van der Waals surface area contributed by atoms with E-state index in [2.05, 4.69) is 40.7 Å².